The molecule has 0 spiro atoms. The van der Waals surface area contributed by atoms with Gasteiger partial charge < -0.3 is 5.73 Å². The molecule has 1 atom stereocenters. The molecule has 4 heteroatoms. The first kappa shape index (κ1) is 12.6. The second-order valence-electron chi connectivity index (χ2n) is 3.81. The predicted molar refractivity (Wildman–Crippen MR) is 74.0 cm³/mol. The van der Waals surface area contributed by atoms with E-state index in [0.29, 0.717) is 5.02 Å². The molecule has 2 N–H and O–H groups in total. The van der Waals surface area contributed by atoms with Crippen molar-refractivity contribution in [2.45, 2.75) is 12.5 Å². The second kappa shape index (κ2) is 5.63. The van der Waals surface area contributed by atoms with Gasteiger partial charge in [0.15, 0.2) is 0 Å². The normalized spacial score (nSPS) is 12.4. The summed E-state index contributed by atoms with van der Waals surface area (Å²) in [5.41, 5.74) is 8.18. The number of rotatable bonds is 3. The first-order valence-corrected chi connectivity index (χ1v) is 6.44. The minimum absolute atomic E-state index is 0.0709. The molecule has 0 saturated heterocycles. The lowest BCUT2D eigenvalue weighted by Gasteiger charge is -2.12. The standard InChI is InChI=1S/C13H12BrClN2/c14-11-7-9(4-5-12(11)15)13(16)8-10-3-1-2-6-17-10/h1-7,13H,8,16H2. The van der Waals surface area contributed by atoms with E-state index < -0.39 is 0 Å². The number of hydrogen-bond acceptors (Lipinski definition) is 2. The highest BCUT2D eigenvalue weighted by molar-refractivity contribution is 9.10. The van der Waals surface area contributed by atoms with E-state index in [0.717, 1.165) is 22.2 Å². The van der Waals surface area contributed by atoms with Crippen molar-refractivity contribution in [1.82, 2.24) is 4.98 Å². The maximum Gasteiger partial charge on any atom is 0.0548 e. The van der Waals surface area contributed by atoms with Crippen molar-refractivity contribution in [2.24, 2.45) is 5.73 Å². The number of nitrogens with two attached hydrogens (primary N) is 1. The number of hydrogen-bond donors (Lipinski definition) is 1. The van der Waals surface area contributed by atoms with Gasteiger partial charge in [0.2, 0.25) is 0 Å². The summed E-state index contributed by atoms with van der Waals surface area (Å²) in [5.74, 6) is 0. The molecule has 2 nitrogen and oxygen atoms in total. The number of halogens is 2. The quantitative estimate of drug-likeness (QED) is 0.938. The van der Waals surface area contributed by atoms with E-state index in [-0.39, 0.29) is 6.04 Å². The van der Waals surface area contributed by atoms with Crippen LogP contribution in [-0.4, -0.2) is 4.98 Å². The molecule has 1 aromatic carbocycles. The summed E-state index contributed by atoms with van der Waals surface area (Å²) in [6.07, 6.45) is 2.49. The summed E-state index contributed by atoms with van der Waals surface area (Å²) < 4.78 is 0.869. The Balaban J connectivity index is 2.14. The zero-order chi connectivity index (χ0) is 12.3. The Hall–Kier alpha value is -0.900. The lowest BCUT2D eigenvalue weighted by molar-refractivity contribution is 0.706. The van der Waals surface area contributed by atoms with Gasteiger partial charge in [0.25, 0.3) is 0 Å². The molecule has 88 valence electrons. The van der Waals surface area contributed by atoms with Gasteiger partial charge in [0, 0.05) is 28.8 Å². The van der Waals surface area contributed by atoms with Crippen molar-refractivity contribution >= 4 is 27.5 Å². The van der Waals surface area contributed by atoms with Crippen molar-refractivity contribution in [2.75, 3.05) is 0 Å². The minimum Gasteiger partial charge on any atom is -0.324 e. The van der Waals surface area contributed by atoms with Crippen LogP contribution in [0.4, 0.5) is 0 Å². The monoisotopic (exact) mass is 310 g/mol. The Kier molecular flexibility index (Phi) is 4.15. The van der Waals surface area contributed by atoms with Crippen molar-refractivity contribution in [3.8, 4) is 0 Å². The van der Waals surface area contributed by atoms with Crippen molar-refractivity contribution in [1.29, 1.82) is 0 Å². The molecule has 0 aliphatic rings. The summed E-state index contributed by atoms with van der Waals surface area (Å²) in [5, 5.41) is 0.693. The van der Waals surface area contributed by atoms with Crippen molar-refractivity contribution in [3.63, 3.8) is 0 Å². The predicted octanol–water partition coefficient (Wildman–Crippen LogP) is 3.74. The van der Waals surface area contributed by atoms with Crippen LogP contribution in [0.5, 0.6) is 0 Å². The number of benzene rings is 1. The topological polar surface area (TPSA) is 38.9 Å². The fraction of sp³-hybridized carbons (Fsp3) is 0.154. The van der Waals surface area contributed by atoms with Crippen LogP contribution in [0.1, 0.15) is 17.3 Å². The average Bonchev–Trinajstić information content (AvgIpc) is 2.34. The molecular formula is C13H12BrClN2. The van der Waals surface area contributed by atoms with E-state index in [1.54, 1.807) is 6.20 Å². The molecule has 1 heterocycles. The summed E-state index contributed by atoms with van der Waals surface area (Å²) in [7, 11) is 0. The summed E-state index contributed by atoms with van der Waals surface area (Å²) in [4.78, 5) is 4.27. The third kappa shape index (κ3) is 3.28. The Morgan fingerprint density at radius 3 is 2.76 bits per heavy atom. The van der Waals surface area contributed by atoms with Gasteiger partial charge in [-0.1, -0.05) is 23.7 Å². The molecule has 17 heavy (non-hydrogen) atoms. The van der Waals surface area contributed by atoms with Crippen LogP contribution < -0.4 is 5.73 Å². The van der Waals surface area contributed by atoms with Crippen LogP contribution in [0.25, 0.3) is 0 Å². The van der Waals surface area contributed by atoms with Gasteiger partial charge in [-0.2, -0.15) is 0 Å². The number of pyridine rings is 1. The van der Waals surface area contributed by atoms with E-state index in [4.69, 9.17) is 17.3 Å². The van der Waals surface area contributed by atoms with E-state index in [2.05, 4.69) is 20.9 Å². The van der Waals surface area contributed by atoms with E-state index in [1.807, 2.05) is 36.4 Å². The van der Waals surface area contributed by atoms with E-state index >= 15 is 0 Å². The van der Waals surface area contributed by atoms with Crippen LogP contribution in [0.2, 0.25) is 5.02 Å². The van der Waals surface area contributed by atoms with Gasteiger partial charge in [-0.15, -0.1) is 0 Å². The van der Waals surface area contributed by atoms with Gasteiger partial charge in [0.1, 0.15) is 0 Å². The Labute approximate surface area is 114 Å². The fourth-order valence-corrected chi connectivity index (χ4v) is 2.12. The van der Waals surface area contributed by atoms with Crippen LogP contribution in [0.3, 0.4) is 0 Å². The van der Waals surface area contributed by atoms with Gasteiger partial charge in [0.05, 0.1) is 5.02 Å². The van der Waals surface area contributed by atoms with Crippen LogP contribution >= 0.6 is 27.5 Å². The Bertz CT molecular complexity index is 502. The maximum absolute atomic E-state index is 6.14. The van der Waals surface area contributed by atoms with E-state index in [1.165, 1.54) is 0 Å². The second-order valence-corrected chi connectivity index (χ2v) is 5.07. The Morgan fingerprint density at radius 2 is 2.12 bits per heavy atom. The third-order valence-electron chi connectivity index (χ3n) is 2.53. The van der Waals surface area contributed by atoms with Gasteiger partial charge >= 0.3 is 0 Å². The zero-order valence-electron chi connectivity index (χ0n) is 9.11. The average molecular weight is 312 g/mol. The summed E-state index contributed by atoms with van der Waals surface area (Å²) in [6, 6.07) is 11.5. The summed E-state index contributed by atoms with van der Waals surface area (Å²) in [6.45, 7) is 0. The molecule has 2 aromatic rings. The van der Waals surface area contributed by atoms with Crippen molar-refractivity contribution < 1.29 is 0 Å². The fourth-order valence-electron chi connectivity index (χ4n) is 1.61. The molecule has 0 aliphatic heterocycles. The molecule has 2 rings (SSSR count). The first-order valence-electron chi connectivity index (χ1n) is 5.27. The molecule has 0 radical (unpaired) electrons. The molecule has 1 aromatic heterocycles. The largest absolute Gasteiger partial charge is 0.324 e. The van der Waals surface area contributed by atoms with Crippen molar-refractivity contribution in [3.05, 3.63) is 63.3 Å². The van der Waals surface area contributed by atoms with Crippen LogP contribution in [0, 0.1) is 0 Å². The van der Waals surface area contributed by atoms with Crippen LogP contribution in [0.15, 0.2) is 47.1 Å². The SMILES string of the molecule is NC(Cc1ccccn1)c1ccc(Cl)c(Br)c1. The highest BCUT2D eigenvalue weighted by atomic mass is 79.9. The highest BCUT2D eigenvalue weighted by Gasteiger charge is 2.09. The molecule has 0 amide bonds. The lowest BCUT2D eigenvalue weighted by atomic mass is 10.0. The van der Waals surface area contributed by atoms with Gasteiger partial charge in [-0.25, -0.2) is 0 Å². The number of nitrogens with zero attached hydrogens (tertiary/aromatic N) is 1. The zero-order valence-corrected chi connectivity index (χ0v) is 11.4. The highest BCUT2D eigenvalue weighted by Crippen LogP contribution is 2.26. The summed E-state index contributed by atoms with van der Waals surface area (Å²) >= 11 is 9.34. The molecule has 1 unspecified atom stereocenters. The third-order valence-corrected chi connectivity index (χ3v) is 3.74. The van der Waals surface area contributed by atoms with E-state index in [9.17, 15) is 0 Å². The first-order chi connectivity index (χ1) is 8.16. The van der Waals surface area contributed by atoms with Gasteiger partial charge in [-0.3, -0.25) is 4.98 Å². The molecule has 0 bridgehead atoms. The Morgan fingerprint density at radius 1 is 1.29 bits per heavy atom. The smallest absolute Gasteiger partial charge is 0.0548 e. The lowest BCUT2D eigenvalue weighted by Crippen LogP contribution is -2.14. The van der Waals surface area contributed by atoms with Crippen LogP contribution in [-0.2, 0) is 6.42 Å². The molecular weight excluding hydrogens is 300 g/mol. The number of aromatic nitrogens is 1. The molecule has 0 aliphatic carbocycles. The molecule has 0 saturated carbocycles. The maximum atomic E-state index is 6.14. The molecule has 0 fully saturated rings. The van der Waals surface area contributed by atoms with Gasteiger partial charge in [-0.05, 0) is 45.8 Å². The minimum atomic E-state index is -0.0709.